The summed E-state index contributed by atoms with van der Waals surface area (Å²) in [5, 5.41) is 0. The van der Waals surface area contributed by atoms with Gasteiger partial charge in [-0.3, -0.25) is 0 Å². The van der Waals surface area contributed by atoms with Crippen molar-refractivity contribution in [3.8, 4) is 11.1 Å². The Bertz CT molecular complexity index is 1580. The molecule has 2 nitrogen and oxygen atoms in total. The molecule has 0 amide bonds. The molecule has 0 radical (unpaired) electrons. The normalized spacial score (nSPS) is 10.8. The highest BCUT2D eigenvalue weighted by Gasteiger charge is 2.14. The van der Waals surface area contributed by atoms with Crippen LogP contribution < -0.4 is 9.80 Å². The van der Waals surface area contributed by atoms with Crippen LogP contribution in [0.1, 0.15) is 5.56 Å². The molecule has 0 fully saturated rings. The highest BCUT2D eigenvalue weighted by atomic mass is 32.1. The van der Waals surface area contributed by atoms with Crippen LogP contribution in [0.3, 0.4) is 0 Å². The van der Waals surface area contributed by atoms with E-state index in [1.807, 2.05) is 12.1 Å². The van der Waals surface area contributed by atoms with E-state index in [0.29, 0.717) is 0 Å². The molecule has 0 saturated carbocycles. The zero-order valence-corrected chi connectivity index (χ0v) is 23.2. The Morgan fingerprint density at radius 3 is 1.02 bits per heavy atom. The van der Waals surface area contributed by atoms with Gasteiger partial charge in [-0.2, -0.15) is 0 Å². The summed E-state index contributed by atoms with van der Waals surface area (Å²) >= 11 is 4.48. The lowest BCUT2D eigenvalue weighted by atomic mass is 10.0. The van der Waals surface area contributed by atoms with E-state index in [-0.39, 0.29) is 0 Å². The molecule has 0 heterocycles. The third-order valence-electron chi connectivity index (χ3n) is 7.01. The van der Waals surface area contributed by atoms with Crippen molar-refractivity contribution in [2.45, 2.75) is 11.8 Å². The molecule has 0 aliphatic carbocycles. The number of thiol groups is 1. The van der Waals surface area contributed by atoms with Crippen molar-refractivity contribution in [2.75, 3.05) is 9.80 Å². The Hall–Kier alpha value is -4.73. The zero-order valence-electron chi connectivity index (χ0n) is 22.4. The van der Waals surface area contributed by atoms with E-state index in [9.17, 15) is 0 Å². The van der Waals surface area contributed by atoms with Crippen molar-refractivity contribution >= 4 is 46.8 Å². The Morgan fingerprint density at radius 1 is 0.350 bits per heavy atom. The van der Waals surface area contributed by atoms with Gasteiger partial charge in [0.2, 0.25) is 0 Å². The highest BCUT2D eigenvalue weighted by Crippen LogP contribution is 2.38. The van der Waals surface area contributed by atoms with Crippen LogP contribution in [0.2, 0.25) is 0 Å². The molecule has 0 atom stereocenters. The van der Waals surface area contributed by atoms with Gasteiger partial charge in [-0.1, -0.05) is 78.4 Å². The van der Waals surface area contributed by atoms with E-state index >= 15 is 0 Å². The third-order valence-corrected chi connectivity index (χ3v) is 7.31. The number of hydrogen-bond acceptors (Lipinski definition) is 3. The standard InChI is InChI=1S/C37H30N2S/c1-28-12-18-33(19-13-28)39(36-24-26-37(40)27-25-36)35-22-16-30(17-23-35)29-14-20-34(21-15-29)38(31-8-4-2-5-9-31)32-10-6-3-7-11-32/h2-27,40H,1H3. The topological polar surface area (TPSA) is 6.48 Å². The molecular formula is C37H30N2S. The lowest BCUT2D eigenvalue weighted by Gasteiger charge is -2.26. The smallest absolute Gasteiger partial charge is 0.0462 e. The predicted molar refractivity (Wildman–Crippen MR) is 173 cm³/mol. The number of para-hydroxylation sites is 2. The number of hydrogen-bond donors (Lipinski definition) is 1. The maximum Gasteiger partial charge on any atom is 0.0462 e. The largest absolute Gasteiger partial charge is 0.311 e. The number of rotatable bonds is 7. The van der Waals surface area contributed by atoms with Gasteiger partial charge in [0.1, 0.15) is 0 Å². The Morgan fingerprint density at radius 2 is 0.650 bits per heavy atom. The number of benzene rings is 6. The Labute approximate surface area is 242 Å². The molecular weight excluding hydrogens is 504 g/mol. The molecule has 6 rings (SSSR count). The first-order valence-electron chi connectivity index (χ1n) is 13.4. The second-order valence-corrected chi connectivity index (χ2v) is 10.3. The molecule has 0 aliphatic heterocycles. The number of anilines is 6. The van der Waals surface area contributed by atoms with Gasteiger partial charge in [-0.05, 0) is 103 Å². The molecule has 0 spiro atoms. The molecule has 40 heavy (non-hydrogen) atoms. The van der Waals surface area contributed by atoms with Crippen LogP contribution in [0.5, 0.6) is 0 Å². The zero-order chi connectivity index (χ0) is 27.3. The van der Waals surface area contributed by atoms with Crippen molar-refractivity contribution in [3.05, 3.63) is 163 Å². The minimum Gasteiger partial charge on any atom is -0.311 e. The van der Waals surface area contributed by atoms with Gasteiger partial charge in [0.15, 0.2) is 0 Å². The van der Waals surface area contributed by atoms with Crippen LogP contribution in [-0.4, -0.2) is 0 Å². The molecule has 0 aliphatic rings. The first kappa shape index (κ1) is 25.5. The van der Waals surface area contributed by atoms with Crippen molar-refractivity contribution < 1.29 is 0 Å². The number of nitrogens with zero attached hydrogens (tertiary/aromatic N) is 2. The van der Waals surface area contributed by atoms with Gasteiger partial charge in [0.05, 0.1) is 0 Å². The third kappa shape index (κ3) is 5.51. The van der Waals surface area contributed by atoms with Crippen molar-refractivity contribution in [3.63, 3.8) is 0 Å². The quantitative estimate of drug-likeness (QED) is 0.204. The van der Waals surface area contributed by atoms with E-state index in [1.165, 1.54) is 16.7 Å². The maximum atomic E-state index is 4.48. The SMILES string of the molecule is Cc1ccc(N(c2ccc(S)cc2)c2ccc(-c3ccc(N(c4ccccc4)c4ccccc4)cc3)cc2)cc1. The summed E-state index contributed by atoms with van der Waals surface area (Å²) in [4.78, 5) is 5.50. The average molecular weight is 535 g/mol. The van der Waals surface area contributed by atoms with Crippen molar-refractivity contribution in [2.24, 2.45) is 0 Å². The van der Waals surface area contributed by atoms with Crippen LogP contribution in [0.25, 0.3) is 11.1 Å². The summed E-state index contributed by atoms with van der Waals surface area (Å²) < 4.78 is 0. The van der Waals surface area contributed by atoms with Gasteiger partial charge in [0, 0.05) is 39.0 Å². The van der Waals surface area contributed by atoms with Crippen molar-refractivity contribution in [1.82, 2.24) is 0 Å². The van der Waals surface area contributed by atoms with Crippen LogP contribution in [0.15, 0.2) is 163 Å². The van der Waals surface area contributed by atoms with Crippen LogP contribution in [0, 0.1) is 6.92 Å². The maximum absolute atomic E-state index is 4.48. The van der Waals surface area contributed by atoms with Gasteiger partial charge >= 0.3 is 0 Å². The lowest BCUT2D eigenvalue weighted by Crippen LogP contribution is -2.10. The lowest BCUT2D eigenvalue weighted by molar-refractivity contribution is 1.26. The predicted octanol–water partition coefficient (Wildman–Crippen LogP) is 10.9. The van der Waals surface area contributed by atoms with Crippen LogP contribution >= 0.6 is 12.6 Å². The monoisotopic (exact) mass is 534 g/mol. The molecule has 0 unspecified atom stereocenters. The van der Waals surface area contributed by atoms with Gasteiger partial charge in [-0.25, -0.2) is 0 Å². The van der Waals surface area contributed by atoms with Crippen LogP contribution in [0.4, 0.5) is 34.1 Å². The summed E-state index contributed by atoms with van der Waals surface area (Å²) in [6.45, 7) is 2.11. The summed E-state index contributed by atoms with van der Waals surface area (Å²) in [6, 6.07) is 55.5. The average Bonchev–Trinajstić information content (AvgIpc) is 3.01. The fourth-order valence-corrected chi connectivity index (χ4v) is 5.10. The summed E-state index contributed by atoms with van der Waals surface area (Å²) in [5.41, 5.74) is 10.3. The Kier molecular flexibility index (Phi) is 7.39. The minimum absolute atomic E-state index is 0.949. The van der Waals surface area contributed by atoms with Crippen molar-refractivity contribution in [1.29, 1.82) is 0 Å². The first-order chi connectivity index (χ1) is 19.7. The molecule has 0 aromatic heterocycles. The van der Waals surface area contributed by atoms with E-state index in [1.54, 1.807) is 0 Å². The highest BCUT2D eigenvalue weighted by molar-refractivity contribution is 7.80. The van der Waals surface area contributed by atoms with Gasteiger partial charge < -0.3 is 9.80 Å². The van der Waals surface area contributed by atoms with Crippen LogP contribution in [-0.2, 0) is 0 Å². The second-order valence-electron chi connectivity index (χ2n) is 9.79. The molecule has 6 aromatic rings. The minimum atomic E-state index is 0.949. The molecule has 0 saturated heterocycles. The first-order valence-corrected chi connectivity index (χ1v) is 13.9. The molecule has 194 valence electrons. The summed E-state index contributed by atoms with van der Waals surface area (Å²) in [6.07, 6.45) is 0. The summed E-state index contributed by atoms with van der Waals surface area (Å²) in [5.74, 6) is 0. The van der Waals surface area contributed by atoms with Gasteiger partial charge in [-0.15, -0.1) is 12.6 Å². The molecule has 6 aromatic carbocycles. The fraction of sp³-hybridized carbons (Fsp3) is 0.0270. The second kappa shape index (κ2) is 11.6. The van der Waals surface area contributed by atoms with Gasteiger partial charge in [0.25, 0.3) is 0 Å². The van der Waals surface area contributed by atoms with E-state index < -0.39 is 0 Å². The van der Waals surface area contributed by atoms with E-state index in [0.717, 1.165) is 39.0 Å². The Balaban J connectivity index is 1.31. The molecule has 0 N–H and O–H groups in total. The molecule has 0 bridgehead atoms. The van der Waals surface area contributed by atoms with E-state index in [2.05, 4.69) is 175 Å². The number of aryl methyl sites for hydroxylation is 1. The van der Waals surface area contributed by atoms with E-state index in [4.69, 9.17) is 0 Å². The molecule has 3 heteroatoms. The summed E-state index contributed by atoms with van der Waals surface area (Å²) in [7, 11) is 0. The fourth-order valence-electron chi connectivity index (χ4n) is 4.95.